The molecule has 0 spiro atoms. The molecule has 0 aromatic rings. The Bertz CT molecular complexity index is 410. The molecule has 1 heterocycles. The molecule has 0 aromatic heterocycles. The van der Waals surface area contributed by atoms with E-state index >= 15 is 0 Å². The number of urea groups is 2. The Morgan fingerprint density at radius 3 is 2.72 bits per heavy atom. The van der Waals surface area contributed by atoms with Gasteiger partial charge in [0.2, 0.25) is 0 Å². The van der Waals surface area contributed by atoms with Crippen molar-refractivity contribution in [2.75, 3.05) is 6.54 Å². The van der Waals surface area contributed by atoms with Gasteiger partial charge in [-0.1, -0.05) is 27.4 Å². The van der Waals surface area contributed by atoms with Crippen LogP contribution in [0.4, 0.5) is 14.0 Å². The Balaban J connectivity index is 2.57. The fourth-order valence-electron chi connectivity index (χ4n) is 1.28. The van der Waals surface area contributed by atoms with Gasteiger partial charge in [-0.15, -0.1) is 0 Å². The minimum absolute atomic E-state index is 0.0762. The summed E-state index contributed by atoms with van der Waals surface area (Å²) in [5, 5.41) is 4.72. The third-order valence-electron chi connectivity index (χ3n) is 2.38. The highest BCUT2D eigenvalue weighted by molar-refractivity contribution is 5.96. The summed E-state index contributed by atoms with van der Waals surface area (Å²) < 4.78 is 13.2. The Morgan fingerprint density at radius 2 is 2.17 bits per heavy atom. The fourth-order valence-corrected chi connectivity index (χ4v) is 1.28. The van der Waals surface area contributed by atoms with Gasteiger partial charge in [0, 0.05) is 6.54 Å². The van der Waals surface area contributed by atoms with E-state index < -0.39 is 17.9 Å². The lowest BCUT2D eigenvalue weighted by atomic mass is 9.92. The molecule has 0 saturated carbocycles. The van der Waals surface area contributed by atoms with Crippen LogP contribution in [-0.4, -0.2) is 23.5 Å². The van der Waals surface area contributed by atoms with Crippen LogP contribution in [0.1, 0.15) is 27.2 Å². The quantitative estimate of drug-likeness (QED) is 0.796. The first-order chi connectivity index (χ1) is 8.20. The normalized spacial score (nSPS) is 16.2. The topological polar surface area (TPSA) is 61.4 Å². The molecule has 1 rings (SSSR count). The van der Waals surface area contributed by atoms with E-state index in [1.807, 2.05) is 20.8 Å². The van der Waals surface area contributed by atoms with Crippen molar-refractivity contribution in [3.8, 4) is 0 Å². The lowest BCUT2D eigenvalue weighted by Gasteiger charge is -2.24. The number of carbonyl (C=O) groups is 2. The zero-order valence-corrected chi connectivity index (χ0v) is 10.8. The van der Waals surface area contributed by atoms with Crippen LogP contribution in [0.25, 0.3) is 0 Å². The number of allylic oxidation sites excluding steroid dienone is 1. The van der Waals surface area contributed by atoms with Crippen molar-refractivity contribution in [3.63, 3.8) is 0 Å². The van der Waals surface area contributed by atoms with Crippen molar-refractivity contribution in [1.82, 2.24) is 15.5 Å². The van der Waals surface area contributed by atoms with Crippen molar-refractivity contribution < 1.29 is 14.0 Å². The second-order valence-corrected chi connectivity index (χ2v) is 5.30. The molecule has 100 valence electrons. The van der Waals surface area contributed by atoms with Crippen LogP contribution in [0.15, 0.2) is 24.3 Å². The number of amides is 4. The molecule has 4 amide bonds. The highest BCUT2D eigenvalue weighted by atomic mass is 19.1. The molecule has 2 N–H and O–H groups in total. The minimum Gasteiger partial charge on any atom is -0.337 e. The van der Waals surface area contributed by atoms with E-state index in [0.29, 0.717) is 11.4 Å². The molecule has 0 saturated heterocycles. The third kappa shape index (κ3) is 3.87. The first-order valence-electron chi connectivity index (χ1n) is 5.65. The Labute approximate surface area is 106 Å². The summed E-state index contributed by atoms with van der Waals surface area (Å²) in [7, 11) is 0. The lowest BCUT2D eigenvalue weighted by Crippen LogP contribution is -2.48. The fraction of sp³-hybridized carbons (Fsp3) is 0.500. The number of rotatable bonds is 2. The average molecular weight is 255 g/mol. The first-order valence-corrected chi connectivity index (χ1v) is 5.65. The van der Waals surface area contributed by atoms with Crippen LogP contribution < -0.4 is 10.6 Å². The monoisotopic (exact) mass is 255 g/mol. The molecule has 6 heteroatoms. The number of imide groups is 1. The summed E-state index contributed by atoms with van der Waals surface area (Å²) in [5.41, 5.74) is -0.0639. The van der Waals surface area contributed by atoms with Crippen LogP contribution in [0.5, 0.6) is 0 Å². The van der Waals surface area contributed by atoms with Crippen LogP contribution in [0, 0.1) is 5.41 Å². The number of hydrogen-bond acceptors (Lipinski definition) is 2. The van der Waals surface area contributed by atoms with Gasteiger partial charge in [0.05, 0.1) is 11.9 Å². The van der Waals surface area contributed by atoms with E-state index in [0.717, 1.165) is 12.6 Å². The summed E-state index contributed by atoms with van der Waals surface area (Å²) in [6, 6.07) is -1.37. The average Bonchev–Trinajstić information content (AvgIpc) is 2.21. The maximum absolute atomic E-state index is 13.2. The number of halogens is 1. The van der Waals surface area contributed by atoms with Gasteiger partial charge in [0.15, 0.2) is 5.83 Å². The second kappa shape index (κ2) is 5.20. The first kappa shape index (κ1) is 14.2. The minimum atomic E-state index is -0.736. The lowest BCUT2D eigenvalue weighted by molar-refractivity contribution is 0.197. The van der Waals surface area contributed by atoms with Crippen molar-refractivity contribution in [3.05, 3.63) is 24.3 Å². The van der Waals surface area contributed by atoms with Gasteiger partial charge in [-0.2, -0.15) is 0 Å². The van der Waals surface area contributed by atoms with Crippen molar-refractivity contribution >= 4 is 12.1 Å². The molecule has 0 bridgehead atoms. The summed E-state index contributed by atoms with van der Waals surface area (Å²) >= 11 is 0. The van der Waals surface area contributed by atoms with Gasteiger partial charge >= 0.3 is 12.1 Å². The molecule has 0 radical (unpaired) electrons. The van der Waals surface area contributed by atoms with Gasteiger partial charge in [0.1, 0.15) is 0 Å². The predicted octanol–water partition coefficient (Wildman–Crippen LogP) is 2.48. The Hall–Kier alpha value is -1.85. The van der Waals surface area contributed by atoms with Crippen LogP contribution in [0.3, 0.4) is 0 Å². The smallest absolute Gasteiger partial charge is 0.334 e. The van der Waals surface area contributed by atoms with E-state index in [1.54, 1.807) is 0 Å². The maximum Gasteiger partial charge on any atom is 0.334 e. The molecule has 0 aliphatic carbocycles. The molecule has 0 aromatic carbocycles. The molecule has 0 atom stereocenters. The summed E-state index contributed by atoms with van der Waals surface area (Å²) in [5.74, 6) is -0.736. The van der Waals surface area contributed by atoms with Gasteiger partial charge in [-0.3, -0.25) is 0 Å². The van der Waals surface area contributed by atoms with E-state index in [-0.39, 0.29) is 11.1 Å². The van der Waals surface area contributed by atoms with Crippen molar-refractivity contribution in [1.29, 1.82) is 0 Å². The highest BCUT2D eigenvalue weighted by Gasteiger charge is 2.26. The third-order valence-corrected chi connectivity index (χ3v) is 2.38. The number of hydrogen-bond donors (Lipinski definition) is 2. The summed E-state index contributed by atoms with van der Waals surface area (Å²) in [6.45, 7) is 9.83. The van der Waals surface area contributed by atoms with Gasteiger partial charge in [0.25, 0.3) is 0 Å². The van der Waals surface area contributed by atoms with Gasteiger partial charge in [-0.25, -0.2) is 18.9 Å². The standard InChI is InChI=1S/C12H18FN3O2/c1-8-9(13)7-16(11(18)15-8)10(17)14-6-5-12(2,3)4/h7H,1,5-6H2,2-4H3,(H,14,17)(H,15,18). The largest absolute Gasteiger partial charge is 0.337 e. The van der Waals surface area contributed by atoms with E-state index in [9.17, 15) is 14.0 Å². The van der Waals surface area contributed by atoms with Crippen LogP contribution >= 0.6 is 0 Å². The maximum atomic E-state index is 13.2. The predicted molar refractivity (Wildman–Crippen MR) is 66.2 cm³/mol. The number of carbonyl (C=O) groups excluding carboxylic acids is 2. The molecular formula is C12H18FN3O2. The molecule has 18 heavy (non-hydrogen) atoms. The van der Waals surface area contributed by atoms with Crippen LogP contribution in [-0.2, 0) is 0 Å². The molecule has 1 aliphatic rings. The van der Waals surface area contributed by atoms with Gasteiger partial charge in [-0.05, 0) is 11.8 Å². The molecular weight excluding hydrogens is 237 g/mol. The van der Waals surface area contributed by atoms with Crippen LogP contribution in [0.2, 0.25) is 0 Å². The second-order valence-electron chi connectivity index (χ2n) is 5.30. The van der Waals surface area contributed by atoms with E-state index in [1.165, 1.54) is 0 Å². The highest BCUT2D eigenvalue weighted by Crippen LogP contribution is 2.17. The SMILES string of the molecule is C=C1NC(=O)N(C(=O)NCCC(C)(C)C)C=C1F. The summed E-state index contributed by atoms with van der Waals surface area (Å²) in [6.07, 6.45) is 1.58. The molecule has 1 aliphatic heterocycles. The Kier molecular flexibility index (Phi) is 4.11. The van der Waals surface area contributed by atoms with Gasteiger partial charge < -0.3 is 10.6 Å². The zero-order chi connectivity index (χ0) is 13.9. The number of nitrogens with zero attached hydrogens (tertiary/aromatic N) is 1. The van der Waals surface area contributed by atoms with E-state index in [2.05, 4.69) is 17.2 Å². The Morgan fingerprint density at radius 1 is 1.56 bits per heavy atom. The number of nitrogens with one attached hydrogen (secondary N) is 2. The van der Waals surface area contributed by atoms with Crippen molar-refractivity contribution in [2.24, 2.45) is 5.41 Å². The molecule has 0 unspecified atom stereocenters. The van der Waals surface area contributed by atoms with E-state index in [4.69, 9.17) is 0 Å². The molecule has 5 nitrogen and oxygen atoms in total. The molecule has 0 fully saturated rings. The zero-order valence-electron chi connectivity index (χ0n) is 10.8. The summed E-state index contributed by atoms with van der Waals surface area (Å²) in [4.78, 5) is 23.8. The van der Waals surface area contributed by atoms with Crippen molar-refractivity contribution in [2.45, 2.75) is 27.2 Å².